The first-order valence-electron chi connectivity index (χ1n) is 6.95. The number of nitrogens with zero attached hydrogens (tertiary/aromatic N) is 1. The lowest BCUT2D eigenvalue weighted by Gasteiger charge is -2.07. The van der Waals surface area contributed by atoms with Crippen molar-refractivity contribution in [2.45, 2.75) is 13.8 Å². The third kappa shape index (κ3) is 5.10. The first-order valence-corrected chi connectivity index (χ1v) is 7.74. The number of aryl methyl sites for hydroxylation is 2. The smallest absolute Gasteiger partial charge is 0.372 e. The zero-order valence-electron chi connectivity index (χ0n) is 12.9. The van der Waals surface area contributed by atoms with E-state index in [0.717, 1.165) is 15.6 Å². The summed E-state index contributed by atoms with van der Waals surface area (Å²) in [5, 5.41) is 3.64. The van der Waals surface area contributed by atoms with Gasteiger partial charge >= 0.3 is 5.97 Å². The van der Waals surface area contributed by atoms with Crippen molar-refractivity contribution < 1.29 is 14.4 Å². The Morgan fingerprint density at radius 2 is 1.91 bits per heavy atom. The molecule has 120 valence electrons. The van der Waals surface area contributed by atoms with Gasteiger partial charge in [0.15, 0.2) is 12.4 Å². The lowest BCUT2D eigenvalue weighted by Crippen LogP contribution is -2.18. The van der Waals surface area contributed by atoms with E-state index in [1.807, 2.05) is 44.2 Å². The lowest BCUT2D eigenvalue weighted by atomic mass is 10.1. The molecule has 0 atom stereocenters. The van der Waals surface area contributed by atoms with Crippen LogP contribution in [0.2, 0.25) is 0 Å². The van der Waals surface area contributed by atoms with E-state index in [9.17, 15) is 4.79 Å². The van der Waals surface area contributed by atoms with Gasteiger partial charge in [0.2, 0.25) is 0 Å². The topological polar surface area (TPSA) is 73.9 Å². The molecule has 0 aromatic heterocycles. The summed E-state index contributed by atoms with van der Waals surface area (Å²) in [6, 6.07) is 13.0. The molecule has 0 spiro atoms. The molecule has 0 unspecified atom stereocenters. The van der Waals surface area contributed by atoms with Crippen LogP contribution in [0.4, 0.5) is 0 Å². The Kier molecular flexibility index (Phi) is 5.76. The van der Waals surface area contributed by atoms with Crippen LogP contribution in [0.5, 0.6) is 5.75 Å². The van der Waals surface area contributed by atoms with Crippen molar-refractivity contribution in [1.29, 1.82) is 0 Å². The highest BCUT2D eigenvalue weighted by molar-refractivity contribution is 9.10. The van der Waals surface area contributed by atoms with Crippen LogP contribution in [0, 0.1) is 13.8 Å². The monoisotopic (exact) mass is 376 g/mol. The van der Waals surface area contributed by atoms with Gasteiger partial charge in [0, 0.05) is 5.56 Å². The van der Waals surface area contributed by atoms with Crippen LogP contribution in [0.25, 0.3) is 0 Å². The van der Waals surface area contributed by atoms with Crippen LogP contribution in [-0.4, -0.2) is 18.4 Å². The van der Waals surface area contributed by atoms with Crippen molar-refractivity contribution in [3.8, 4) is 5.75 Å². The minimum Gasteiger partial charge on any atom is -0.481 e. The Bertz CT molecular complexity index is 744. The summed E-state index contributed by atoms with van der Waals surface area (Å²) in [5.74, 6) is 0.0647. The third-order valence-electron chi connectivity index (χ3n) is 2.99. The molecule has 0 fully saturated rings. The number of carbonyl (C=O) groups is 1. The highest BCUT2D eigenvalue weighted by Crippen LogP contribution is 2.25. The number of ether oxygens (including phenoxy) is 1. The predicted octanol–water partition coefficient (Wildman–Crippen LogP) is 3.31. The normalized spacial score (nSPS) is 11.2. The SMILES string of the molecule is Cc1cccc(/C(N)=N/OC(=O)COc2ccc(C)cc2Br)c1. The van der Waals surface area contributed by atoms with Crippen LogP contribution in [0.1, 0.15) is 16.7 Å². The van der Waals surface area contributed by atoms with Gasteiger partial charge in [-0.25, -0.2) is 4.79 Å². The first kappa shape index (κ1) is 17.0. The maximum atomic E-state index is 11.7. The maximum Gasteiger partial charge on any atom is 0.372 e. The van der Waals surface area contributed by atoms with E-state index >= 15 is 0 Å². The van der Waals surface area contributed by atoms with E-state index in [2.05, 4.69) is 21.1 Å². The van der Waals surface area contributed by atoms with Gasteiger partial charge in [-0.1, -0.05) is 35.0 Å². The van der Waals surface area contributed by atoms with Crippen LogP contribution < -0.4 is 10.5 Å². The van der Waals surface area contributed by atoms with Gasteiger partial charge in [0.05, 0.1) is 4.47 Å². The summed E-state index contributed by atoms with van der Waals surface area (Å²) in [4.78, 5) is 16.4. The third-order valence-corrected chi connectivity index (χ3v) is 3.61. The predicted molar refractivity (Wildman–Crippen MR) is 92.4 cm³/mol. The Balaban J connectivity index is 1.90. The number of halogens is 1. The number of rotatable bonds is 5. The van der Waals surface area contributed by atoms with E-state index in [-0.39, 0.29) is 12.4 Å². The molecule has 0 aliphatic carbocycles. The molecule has 2 rings (SSSR count). The molecule has 23 heavy (non-hydrogen) atoms. The number of hydrogen-bond acceptors (Lipinski definition) is 4. The largest absolute Gasteiger partial charge is 0.481 e. The highest BCUT2D eigenvalue weighted by Gasteiger charge is 2.08. The fourth-order valence-electron chi connectivity index (χ4n) is 1.84. The Morgan fingerprint density at radius 3 is 2.61 bits per heavy atom. The second kappa shape index (κ2) is 7.78. The van der Waals surface area contributed by atoms with Gasteiger partial charge in [-0.05, 0) is 53.5 Å². The summed E-state index contributed by atoms with van der Waals surface area (Å²) in [7, 11) is 0. The second-order valence-electron chi connectivity index (χ2n) is 5.03. The summed E-state index contributed by atoms with van der Waals surface area (Å²) in [6.45, 7) is 3.65. The Morgan fingerprint density at radius 1 is 1.17 bits per heavy atom. The van der Waals surface area contributed by atoms with Gasteiger partial charge in [-0.2, -0.15) is 0 Å². The van der Waals surface area contributed by atoms with Crippen molar-refractivity contribution in [3.05, 3.63) is 63.6 Å². The molecule has 0 aliphatic rings. The molecule has 0 bridgehead atoms. The molecule has 2 aromatic rings. The highest BCUT2D eigenvalue weighted by atomic mass is 79.9. The fourth-order valence-corrected chi connectivity index (χ4v) is 2.45. The van der Waals surface area contributed by atoms with E-state index in [1.54, 1.807) is 12.1 Å². The molecule has 0 radical (unpaired) electrons. The summed E-state index contributed by atoms with van der Waals surface area (Å²) < 4.78 is 6.15. The van der Waals surface area contributed by atoms with Crippen LogP contribution >= 0.6 is 15.9 Å². The number of benzene rings is 2. The van der Waals surface area contributed by atoms with Crippen molar-refractivity contribution in [1.82, 2.24) is 0 Å². The number of nitrogens with two attached hydrogens (primary N) is 1. The van der Waals surface area contributed by atoms with Crippen LogP contribution in [0.15, 0.2) is 52.1 Å². The molecule has 2 N–H and O–H groups in total. The van der Waals surface area contributed by atoms with Crippen molar-refractivity contribution in [2.24, 2.45) is 10.9 Å². The van der Waals surface area contributed by atoms with Crippen molar-refractivity contribution in [3.63, 3.8) is 0 Å². The lowest BCUT2D eigenvalue weighted by molar-refractivity contribution is -0.146. The molecular weight excluding hydrogens is 360 g/mol. The Hall–Kier alpha value is -2.34. The molecule has 2 aromatic carbocycles. The van der Waals surface area contributed by atoms with E-state index < -0.39 is 5.97 Å². The quantitative estimate of drug-likeness (QED) is 0.376. The molecular formula is C17H17BrN2O3. The fraction of sp³-hybridized carbons (Fsp3) is 0.176. The second-order valence-corrected chi connectivity index (χ2v) is 5.89. The number of carbonyl (C=O) groups excluding carboxylic acids is 1. The van der Waals surface area contributed by atoms with Crippen LogP contribution in [0.3, 0.4) is 0 Å². The van der Waals surface area contributed by atoms with Crippen LogP contribution in [-0.2, 0) is 9.63 Å². The average Bonchev–Trinajstić information content (AvgIpc) is 2.51. The standard InChI is InChI=1S/C17H17BrN2O3/c1-11-4-3-5-13(8-11)17(19)20-23-16(21)10-22-15-7-6-12(2)9-14(15)18/h3-9H,10H2,1-2H3,(H2,19,20). The van der Waals surface area contributed by atoms with Crippen molar-refractivity contribution in [2.75, 3.05) is 6.61 Å². The Labute approximate surface area is 143 Å². The first-order chi connectivity index (χ1) is 11.0. The minimum absolute atomic E-state index is 0.138. The average molecular weight is 377 g/mol. The number of oxime groups is 1. The molecule has 5 nitrogen and oxygen atoms in total. The summed E-state index contributed by atoms with van der Waals surface area (Å²) >= 11 is 3.37. The molecule has 0 saturated carbocycles. The van der Waals surface area contributed by atoms with Gasteiger partial charge < -0.3 is 15.3 Å². The molecule has 0 saturated heterocycles. The van der Waals surface area contributed by atoms with Crippen molar-refractivity contribution >= 4 is 27.7 Å². The maximum absolute atomic E-state index is 11.7. The van der Waals surface area contributed by atoms with Gasteiger partial charge in [-0.3, -0.25) is 0 Å². The number of hydrogen-bond donors (Lipinski definition) is 1. The summed E-state index contributed by atoms with van der Waals surface area (Å²) in [5.41, 5.74) is 8.61. The molecule has 0 heterocycles. The van der Waals surface area contributed by atoms with Gasteiger partial charge in [0.1, 0.15) is 5.75 Å². The minimum atomic E-state index is -0.631. The number of amidine groups is 1. The van der Waals surface area contributed by atoms with E-state index in [1.165, 1.54) is 0 Å². The molecule has 0 aliphatic heterocycles. The zero-order valence-corrected chi connectivity index (χ0v) is 14.5. The zero-order chi connectivity index (χ0) is 16.8. The summed E-state index contributed by atoms with van der Waals surface area (Å²) in [6.07, 6.45) is 0. The van der Waals surface area contributed by atoms with Gasteiger partial charge in [0.25, 0.3) is 0 Å². The van der Waals surface area contributed by atoms with E-state index in [0.29, 0.717) is 11.3 Å². The molecule has 6 heteroatoms. The molecule has 0 amide bonds. The van der Waals surface area contributed by atoms with E-state index in [4.69, 9.17) is 15.3 Å². The van der Waals surface area contributed by atoms with Gasteiger partial charge in [-0.15, -0.1) is 0 Å².